The topological polar surface area (TPSA) is 78.3 Å². The Labute approximate surface area is 228 Å². The third-order valence-electron chi connectivity index (χ3n) is 5.91. The molecule has 0 fully saturated rings. The van der Waals surface area contributed by atoms with Crippen molar-refractivity contribution in [3.05, 3.63) is 64.7 Å². The van der Waals surface area contributed by atoms with E-state index in [1.807, 2.05) is 52.8 Å². The summed E-state index contributed by atoms with van der Waals surface area (Å²) < 4.78 is 53.8. The zero-order valence-electron chi connectivity index (χ0n) is 24.2. The summed E-state index contributed by atoms with van der Waals surface area (Å²) in [6, 6.07) is 0. The van der Waals surface area contributed by atoms with Gasteiger partial charge in [0.05, 0.1) is 25.0 Å². The maximum absolute atomic E-state index is 13.9. The van der Waals surface area contributed by atoms with E-state index in [0.29, 0.717) is 11.5 Å². The van der Waals surface area contributed by atoms with E-state index in [2.05, 4.69) is 35.3 Å². The van der Waals surface area contributed by atoms with Gasteiger partial charge in [-0.1, -0.05) is 45.1 Å². The SMILES string of the molecule is C\C=C(/C=C\C(=C\CC)CNC(=O)c1nn(C(C)(C)C)c(Oc2cncc(OC)c2C(F)(F)F)c1C)C(C)C. The number of nitrogens with one attached hydrogen (secondary N) is 1. The number of allylic oxidation sites excluding steroid dienone is 4. The molecule has 7 nitrogen and oxygen atoms in total. The Bertz CT molecular complexity index is 1250. The molecular formula is C29H39F3N4O3. The number of hydrogen-bond donors (Lipinski definition) is 1. The average molecular weight is 549 g/mol. The number of carbonyl (C=O) groups is 1. The van der Waals surface area contributed by atoms with E-state index in [4.69, 9.17) is 9.47 Å². The normalized spacial score (nSPS) is 13.4. The highest BCUT2D eigenvalue weighted by molar-refractivity contribution is 5.94. The molecule has 0 saturated heterocycles. The second-order valence-electron chi connectivity index (χ2n) is 10.3. The lowest BCUT2D eigenvalue weighted by molar-refractivity contribution is -0.139. The number of pyridine rings is 1. The lowest BCUT2D eigenvalue weighted by atomic mass is 10.0. The van der Waals surface area contributed by atoms with Crippen LogP contribution in [0.3, 0.4) is 0 Å². The van der Waals surface area contributed by atoms with Crippen LogP contribution in [-0.4, -0.2) is 34.3 Å². The number of aromatic nitrogens is 3. The van der Waals surface area contributed by atoms with Crippen LogP contribution in [0.4, 0.5) is 13.2 Å². The number of halogens is 3. The van der Waals surface area contributed by atoms with Gasteiger partial charge in [0.15, 0.2) is 17.2 Å². The first kappa shape index (κ1) is 31.7. The van der Waals surface area contributed by atoms with E-state index in [-0.39, 0.29) is 18.1 Å². The molecule has 1 amide bonds. The summed E-state index contributed by atoms with van der Waals surface area (Å²) in [5.41, 5.74) is 0.642. The first-order valence-electron chi connectivity index (χ1n) is 12.8. The monoisotopic (exact) mass is 548 g/mol. The zero-order chi connectivity index (χ0) is 29.5. The molecule has 39 heavy (non-hydrogen) atoms. The fraction of sp³-hybridized carbons (Fsp3) is 0.483. The van der Waals surface area contributed by atoms with Gasteiger partial charge in [-0.25, -0.2) is 4.68 Å². The molecule has 2 aromatic rings. The minimum atomic E-state index is -4.76. The first-order chi connectivity index (χ1) is 18.1. The van der Waals surface area contributed by atoms with Gasteiger partial charge >= 0.3 is 6.18 Å². The second kappa shape index (κ2) is 13.0. The third kappa shape index (κ3) is 7.97. The summed E-state index contributed by atoms with van der Waals surface area (Å²) in [7, 11) is 1.13. The van der Waals surface area contributed by atoms with Crippen LogP contribution in [-0.2, 0) is 11.7 Å². The van der Waals surface area contributed by atoms with Crippen LogP contribution >= 0.6 is 0 Å². The van der Waals surface area contributed by atoms with E-state index in [1.165, 1.54) is 10.3 Å². The first-order valence-corrected chi connectivity index (χ1v) is 12.8. The number of methoxy groups -OCH3 is 1. The number of nitrogens with zero attached hydrogens (tertiary/aromatic N) is 3. The molecule has 0 aliphatic rings. The van der Waals surface area contributed by atoms with Crippen LogP contribution in [0, 0.1) is 12.8 Å². The van der Waals surface area contributed by atoms with Crippen molar-refractivity contribution < 1.29 is 27.4 Å². The van der Waals surface area contributed by atoms with E-state index in [1.54, 1.807) is 6.92 Å². The Morgan fingerprint density at radius 2 is 1.79 bits per heavy atom. The molecule has 0 radical (unpaired) electrons. The molecule has 0 aromatic carbocycles. The number of amides is 1. The Kier molecular flexibility index (Phi) is 10.5. The molecule has 0 unspecified atom stereocenters. The predicted octanol–water partition coefficient (Wildman–Crippen LogP) is 7.39. The van der Waals surface area contributed by atoms with Crippen molar-refractivity contribution in [1.29, 1.82) is 0 Å². The maximum Gasteiger partial charge on any atom is 0.423 e. The molecule has 214 valence electrons. The quantitative estimate of drug-likeness (QED) is 0.313. The standard InChI is InChI=1S/C29H39F3N4O3/c1-10-12-20(13-14-21(11-2)18(3)4)15-34-26(37)25-19(5)27(36(35-25)28(6,7)8)39-23-17-33-16-22(38-9)24(23)29(30,31)32/h11-14,16-18H,10,15H2,1-9H3,(H,34,37)/b14-13-,20-12-,21-11+. The van der Waals surface area contributed by atoms with E-state index in [0.717, 1.165) is 31.5 Å². The smallest absolute Gasteiger partial charge is 0.423 e. The second-order valence-corrected chi connectivity index (χ2v) is 10.3. The zero-order valence-corrected chi connectivity index (χ0v) is 24.2. The Balaban J connectivity index is 2.45. The molecule has 0 atom stereocenters. The van der Waals surface area contributed by atoms with Gasteiger partial charge in [-0.3, -0.25) is 9.78 Å². The molecule has 2 aromatic heterocycles. The Hall–Kier alpha value is -3.56. The van der Waals surface area contributed by atoms with Crippen LogP contribution in [0.1, 0.15) is 76.5 Å². The lowest BCUT2D eigenvalue weighted by Crippen LogP contribution is -2.28. The van der Waals surface area contributed by atoms with Gasteiger partial charge in [-0.2, -0.15) is 18.3 Å². The summed E-state index contributed by atoms with van der Waals surface area (Å²) in [5, 5.41) is 7.33. The van der Waals surface area contributed by atoms with Crippen LogP contribution in [0.15, 0.2) is 47.8 Å². The third-order valence-corrected chi connectivity index (χ3v) is 5.91. The highest BCUT2D eigenvalue weighted by Gasteiger charge is 2.40. The van der Waals surface area contributed by atoms with Crippen molar-refractivity contribution in [2.24, 2.45) is 5.92 Å². The van der Waals surface area contributed by atoms with E-state index in [9.17, 15) is 18.0 Å². The van der Waals surface area contributed by atoms with E-state index < -0.39 is 34.7 Å². The molecule has 0 aliphatic heterocycles. The van der Waals surface area contributed by atoms with Crippen molar-refractivity contribution >= 4 is 5.91 Å². The van der Waals surface area contributed by atoms with E-state index >= 15 is 0 Å². The summed E-state index contributed by atoms with van der Waals surface area (Å²) in [6.45, 7) is 15.5. The number of hydrogen-bond acceptors (Lipinski definition) is 5. The molecule has 2 rings (SSSR count). The van der Waals surface area contributed by atoms with Crippen LogP contribution in [0.5, 0.6) is 17.4 Å². The van der Waals surface area contributed by atoms with Crippen LogP contribution in [0.2, 0.25) is 0 Å². The van der Waals surface area contributed by atoms with Gasteiger partial charge in [0, 0.05) is 12.1 Å². The maximum atomic E-state index is 13.9. The van der Waals surface area contributed by atoms with Gasteiger partial charge in [0.1, 0.15) is 5.56 Å². The highest BCUT2D eigenvalue weighted by atomic mass is 19.4. The fourth-order valence-corrected chi connectivity index (χ4v) is 3.86. The van der Waals surface area contributed by atoms with Gasteiger partial charge in [0.25, 0.3) is 5.91 Å². The number of carbonyl (C=O) groups excluding carboxylic acids is 1. The van der Waals surface area contributed by atoms with Crippen molar-refractivity contribution in [3.8, 4) is 17.4 Å². The molecule has 0 saturated carbocycles. The summed E-state index contributed by atoms with van der Waals surface area (Å²) >= 11 is 0. The average Bonchev–Trinajstić information content (AvgIpc) is 3.17. The number of rotatable bonds is 10. The van der Waals surface area contributed by atoms with Crippen molar-refractivity contribution in [1.82, 2.24) is 20.1 Å². The molecule has 10 heteroatoms. The van der Waals surface area contributed by atoms with Gasteiger partial charge in [0.2, 0.25) is 5.88 Å². The Morgan fingerprint density at radius 3 is 2.31 bits per heavy atom. The number of ether oxygens (including phenoxy) is 2. The predicted molar refractivity (Wildman–Crippen MR) is 146 cm³/mol. The summed E-state index contributed by atoms with van der Waals surface area (Å²) in [4.78, 5) is 17.1. The highest BCUT2D eigenvalue weighted by Crippen LogP contribution is 2.44. The minimum absolute atomic E-state index is 0.00656. The van der Waals surface area contributed by atoms with Gasteiger partial charge < -0.3 is 14.8 Å². The largest absolute Gasteiger partial charge is 0.494 e. The van der Waals surface area contributed by atoms with Crippen molar-refractivity contribution in [2.45, 2.75) is 73.5 Å². The summed E-state index contributed by atoms with van der Waals surface area (Å²) in [5.74, 6) is -1.12. The molecule has 0 bridgehead atoms. The van der Waals surface area contributed by atoms with Crippen molar-refractivity contribution in [3.63, 3.8) is 0 Å². The minimum Gasteiger partial charge on any atom is -0.494 e. The fourth-order valence-electron chi connectivity index (χ4n) is 3.86. The molecule has 2 heterocycles. The molecular weight excluding hydrogens is 509 g/mol. The molecule has 0 spiro atoms. The molecule has 0 aliphatic carbocycles. The van der Waals surface area contributed by atoms with Gasteiger partial charge in [-0.15, -0.1) is 0 Å². The lowest BCUT2D eigenvalue weighted by Gasteiger charge is -2.23. The number of alkyl halides is 3. The van der Waals surface area contributed by atoms with Crippen LogP contribution in [0.25, 0.3) is 0 Å². The van der Waals surface area contributed by atoms with Gasteiger partial charge in [-0.05, 0) is 58.1 Å². The Morgan fingerprint density at radius 1 is 1.15 bits per heavy atom. The van der Waals surface area contributed by atoms with Crippen LogP contribution < -0.4 is 14.8 Å². The molecule has 1 N–H and O–H groups in total. The van der Waals surface area contributed by atoms with Crippen molar-refractivity contribution in [2.75, 3.05) is 13.7 Å². The summed E-state index contributed by atoms with van der Waals surface area (Å²) in [6.07, 6.45) is 6.04.